The number of rotatable bonds is 4. The number of hydrogen-bond donors (Lipinski definition) is 1. The second kappa shape index (κ2) is 8.62. The van der Waals surface area contributed by atoms with Crippen molar-refractivity contribution in [2.45, 2.75) is 27.7 Å². The largest absolute Gasteiger partial charge is 0.372 e. The van der Waals surface area contributed by atoms with E-state index in [2.05, 4.69) is 24.1 Å². The summed E-state index contributed by atoms with van der Waals surface area (Å²) in [6, 6.07) is 7.67. The molecule has 17 heavy (non-hydrogen) atoms. The number of benzene rings is 1. The number of carbonyl (C=O) groups is 1. The zero-order valence-corrected chi connectivity index (χ0v) is 11.6. The minimum atomic E-state index is -0.0407. The minimum absolute atomic E-state index is 0.0407. The third kappa shape index (κ3) is 4.47. The fourth-order valence-electron chi connectivity index (χ4n) is 1.56. The third-order valence-electron chi connectivity index (χ3n) is 2.49. The molecule has 0 saturated heterocycles. The summed E-state index contributed by atoms with van der Waals surface area (Å²) in [5.74, 6) is -0.0407. The molecule has 0 heterocycles. The standard InChI is InChI=1S/C12H18N2O.C2H6/c1-4-14(5-2)11-8-6-10(7-9-11)12(15)13-3;1-2/h6-9H,4-5H2,1-3H3,(H,13,15);1-2H3. The van der Waals surface area contributed by atoms with Crippen LogP contribution in [0, 0.1) is 0 Å². The van der Waals surface area contributed by atoms with Crippen LogP contribution in [0.4, 0.5) is 5.69 Å². The topological polar surface area (TPSA) is 32.3 Å². The van der Waals surface area contributed by atoms with Gasteiger partial charge in [-0.25, -0.2) is 0 Å². The number of carbonyl (C=O) groups excluding carboxylic acids is 1. The van der Waals surface area contributed by atoms with Crippen LogP contribution in [0.25, 0.3) is 0 Å². The highest BCUT2D eigenvalue weighted by molar-refractivity contribution is 5.94. The van der Waals surface area contributed by atoms with Crippen LogP contribution in [0.5, 0.6) is 0 Å². The van der Waals surface area contributed by atoms with Crippen LogP contribution < -0.4 is 10.2 Å². The lowest BCUT2D eigenvalue weighted by Crippen LogP contribution is -2.22. The molecule has 0 fully saturated rings. The van der Waals surface area contributed by atoms with Gasteiger partial charge in [0, 0.05) is 31.4 Å². The highest BCUT2D eigenvalue weighted by Gasteiger charge is 2.04. The Labute approximate surface area is 105 Å². The van der Waals surface area contributed by atoms with E-state index in [1.54, 1.807) is 7.05 Å². The Morgan fingerprint density at radius 2 is 1.59 bits per heavy atom. The van der Waals surface area contributed by atoms with Gasteiger partial charge in [-0.1, -0.05) is 13.8 Å². The molecule has 96 valence electrons. The van der Waals surface area contributed by atoms with Crippen LogP contribution in [0.15, 0.2) is 24.3 Å². The van der Waals surface area contributed by atoms with E-state index in [-0.39, 0.29) is 5.91 Å². The van der Waals surface area contributed by atoms with E-state index >= 15 is 0 Å². The Morgan fingerprint density at radius 3 is 1.94 bits per heavy atom. The Kier molecular flexibility index (Phi) is 7.85. The second-order valence-electron chi connectivity index (χ2n) is 3.30. The van der Waals surface area contributed by atoms with Crippen LogP contribution in [0.1, 0.15) is 38.1 Å². The molecule has 0 atom stereocenters. The van der Waals surface area contributed by atoms with Crippen molar-refractivity contribution >= 4 is 11.6 Å². The number of anilines is 1. The van der Waals surface area contributed by atoms with E-state index < -0.39 is 0 Å². The quantitative estimate of drug-likeness (QED) is 0.871. The van der Waals surface area contributed by atoms with Crippen molar-refractivity contribution in [3.63, 3.8) is 0 Å². The molecule has 1 rings (SSSR count). The van der Waals surface area contributed by atoms with Gasteiger partial charge in [-0.3, -0.25) is 4.79 Å². The third-order valence-corrected chi connectivity index (χ3v) is 2.49. The lowest BCUT2D eigenvalue weighted by Gasteiger charge is -2.20. The van der Waals surface area contributed by atoms with Crippen molar-refractivity contribution in [1.29, 1.82) is 0 Å². The van der Waals surface area contributed by atoms with E-state index in [0.29, 0.717) is 5.56 Å². The Morgan fingerprint density at radius 1 is 1.12 bits per heavy atom. The molecule has 3 heteroatoms. The van der Waals surface area contributed by atoms with Crippen molar-refractivity contribution in [2.75, 3.05) is 25.0 Å². The van der Waals surface area contributed by atoms with Crippen LogP contribution in [0.2, 0.25) is 0 Å². The smallest absolute Gasteiger partial charge is 0.251 e. The zero-order chi connectivity index (χ0) is 13.3. The number of nitrogens with one attached hydrogen (secondary N) is 1. The SMILES string of the molecule is CC.CCN(CC)c1ccc(C(=O)NC)cc1. The molecule has 0 spiro atoms. The monoisotopic (exact) mass is 236 g/mol. The lowest BCUT2D eigenvalue weighted by molar-refractivity contribution is 0.0963. The summed E-state index contributed by atoms with van der Waals surface area (Å²) >= 11 is 0. The van der Waals surface area contributed by atoms with E-state index in [1.165, 1.54) is 0 Å². The van der Waals surface area contributed by atoms with Crippen molar-refractivity contribution in [3.05, 3.63) is 29.8 Å². The summed E-state index contributed by atoms with van der Waals surface area (Å²) in [6.45, 7) is 10.2. The van der Waals surface area contributed by atoms with Gasteiger partial charge in [-0.05, 0) is 38.1 Å². The van der Waals surface area contributed by atoms with Gasteiger partial charge in [-0.2, -0.15) is 0 Å². The second-order valence-corrected chi connectivity index (χ2v) is 3.30. The predicted octanol–water partition coefficient (Wildman–Crippen LogP) is 2.92. The molecule has 0 unspecified atom stereocenters. The molecular formula is C14H24N2O. The molecule has 0 radical (unpaired) electrons. The summed E-state index contributed by atoms with van der Waals surface area (Å²) in [6.07, 6.45) is 0. The molecule has 0 aliphatic carbocycles. The predicted molar refractivity (Wildman–Crippen MR) is 74.7 cm³/mol. The average Bonchev–Trinajstić information content (AvgIpc) is 2.42. The number of hydrogen-bond acceptors (Lipinski definition) is 2. The van der Waals surface area contributed by atoms with Crippen LogP contribution in [-0.2, 0) is 0 Å². The van der Waals surface area contributed by atoms with E-state index in [1.807, 2.05) is 38.1 Å². The lowest BCUT2D eigenvalue weighted by atomic mass is 10.2. The van der Waals surface area contributed by atoms with Gasteiger partial charge in [0.2, 0.25) is 0 Å². The number of nitrogens with zero attached hydrogens (tertiary/aromatic N) is 1. The first kappa shape index (κ1) is 15.5. The fourth-order valence-corrected chi connectivity index (χ4v) is 1.56. The van der Waals surface area contributed by atoms with Gasteiger partial charge >= 0.3 is 0 Å². The van der Waals surface area contributed by atoms with E-state index in [4.69, 9.17) is 0 Å². The molecule has 1 aromatic rings. The van der Waals surface area contributed by atoms with Crippen molar-refractivity contribution in [1.82, 2.24) is 5.32 Å². The Bertz CT molecular complexity index is 315. The minimum Gasteiger partial charge on any atom is -0.372 e. The summed E-state index contributed by atoms with van der Waals surface area (Å²) in [5.41, 5.74) is 1.86. The van der Waals surface area contributed by atoms with Gasteiger partial charge in [0.05, 0.1) is 0 Å². The van der Waals surface area contributed by atoms with Gasteiger partial charge in [0.15, 0.2) is 0 Å². The van der Waals surface area contributed by atoms with Gasteiger partial charge in [-0.15, -0.1) is 0 Å². The molecule has 0 aromatic heterocycles. The summed E-state index contributed by atoms with van der Waals surface area (Å²) in [4.78, 5) is 13.6. The first-order valence-electron chi connectivity index (χ1n) is 6.30. The molecule has 0 bridgehead atoms. The van der Waals surface area contributed by atoms with Crippen molar-refractivity contribution in [2.24, 2.45) is 0 Å². The molecule has 3 nitrogen and oxygen atoms in total. The van der Waals surface area contributed by atoms with Gasteiger partial charge < -0.3 is 10.2 Å². The summed E-state index contributed by atoms with van der Waals surface area (Å²) in [7, 11) is 1.64. The first-order valence-corrected chi connectivity index (χ1v) is 6.30. The fraction of sp³-hybridized carbons (Fsp3) is 0.500. The maximum absolute atomic E-state index is 11.3. The molecule has 0 saturated carbocycles. The van der Waals surface area contributed by atoms with Crippen molar-refractivity contribution < 1.29 is 4.79 Å². The van der Waals surface area contributed by atoms with Crippen molar-refractivity contribution in [3.8, 4) is 0 Å². The first-order chi connectivity index (χ1) is 8.22. The van der Waals surface area contributed by atoms with Crippen LogP contribution >= 0.6 is 0 Å². The molecule has 1 amide bonds. The average molecular weight is 236 g/mol. The van der Waals surface area contributed by atoms with E-state index in [0.717, 1.165) is 18.8 Å². The molecular weight excluding hydrogens is 212 g/mol. The zero-order valence-electron chi connectivity index (χ0n) is 11.6. The molecule has 1 N–H and O–H groups in total. The van der Waals surface area contributed by atoms with Crippen LogP contribution in [0.3, 0.4) is 0 Å². The highest BCUT2D eigenvalue weighted by Crippen LogP contribution is 2.14. The Hall–Kier alpha value is -1.51. The van der Waals surface area contributed by atoms with E-state index in [9.17, 15) is 4.79 Å². The summed E-state index contributed by atoms with van der Waals surface area (Å²) < 4.78 is 0. The molecule has 0 aliphatic rings. The number of amides is 1. The van der Waals surface area contributed by atoms with Crippen LogP contribution in [-0.4, -0.2) is 26.0 Å². The maximum atomic E-state index is 11.3. The van der Waals surface area contributed by atoms with Gasteiger partial charge in [0.1, 0.15) is 0 Å². The molecule has 1 aromatic carbocycles. The molecule has 0 aliphatic heterocycles. The van der Waals surface area contributed by atoms with Gasteiger partial charge in [0.25, 0.3) is 5.91 Å². The Balaban J connectivity index is 0.00000121. The summed E-state index contributed by atoms with van der Waals surface area (Å²) in [5, 5.41) is 2.61. The highest BCUT2D eigenvalue weighted by atomic mass is 16.1. The normalized spacial score (nSPS) is 9.00. The maximum Gasteiger partial charge on any atom is 0.251 e.